The first kappa shape index (κ1) is 13.9. The largest absolute Gasteiger partial charge is 0.462 e. The highest BCUT2D eigenvalue weighted by molar-refractivity contribution is 5.89. The Morgan fingerprint density at radius 2 is 2.05 bits per heavy atom. The molecular weight excluding hydrogens is 254 g/mol. The predicted octanol–water partition coefficient (Wildman–Crippen LogP) is 2.94. The standard InChI is InChI=1S/C14H16F2O3/c1-2-3-9(13-8-18-13)7-19-14(17)10-4-11(15)6-12(16)5-10/h4-6,9,13H,2-3,7-8H2,1H3. The number of rotatable bonds is 6. The van der Waals surface area contributed by atoms with Crippen LogP contribution < -0.4 is 0 Å². The minimum atomic E-state index is -0.789. The smallest absolute Gasteiger partial charge is 0.338 e. The third-order valence-corrected chi connectivity index (χ3v) is 3.07. The van der Waals surface area contributed by atoms with Crippen LogP contribution in [0, 0.1) is 17.6 Å². The maximum Gasteiger partial charge on any atom is 0.338 e. The third-order valence-electron chi connectivity index (χ3n) is 3.07. The lowest BCUT2D eigenvalue weighted by molar-refractivity contribution is 0.0408. The summed E-state index contributed by atoms with van der Waals surface area (Å²) in [6.07, 6.45) is 2.02. The fourth-order valence-electron chi connectivity index (χ4n) is 2.01. The van der Waals surface area contributed by atoms with Crippen molar-refractivity contribution in [3.05, 3.63) is 35.4 Å². The first-order valence-electron chi connectivity index (χ1n) is 6.35. The Kier molecular flexibility index (Phi) is 4.47. The van der Waals surface area contributed by atoms with Gasteiger partial charge in [-0.1, -0.05) is 13.3 Å². The van der Waals surface area contributed by atoms with E-state index in [0.717, 1.165) is 25.0 Å². The molecule has 1 heterocycles. The Morgan fingerprint density at radius 3 is 2.58 bits per heavy atom. The second kappa shape index (κ2) is 6.10. The van der Waals surface area contributed by atoms with Crippen LogP contribution in [-0.4, -0.2) is 25.3 Å². The van der Waals surface area contributed by atoms with E-state index in [1.165, 1.54) is 0 Å². The van der Waals surface area contributed by atoms with Crippen molar-refractivity contribution in [1.29, 1.82) is 0 Å². The van der Waals surface area contributed by atoms with Crippen LogP contribution in [0.5, 0.6) is 0 Å². The first-order valence-corrected chi connectivity index (χ1v) is 6.35. The highest BCUT2D eigenvalue weighted by Crippen LogP contribution is 2.25. The summed E-state index contributed by atoms with van der Waals surface area (Å²) < 4.78 is 36.2. The average molecular weight is 270 g/mol. The van der Waals surface area contributed by atoms with Gasteiger partial charge in [0.1, 0.15) is 11.6 Å². The van der Waals surface area contributed by atoms with E-state index >= 15 is 0 Å². The van der Waals surface area contributed by atoms with Gasteiger partial charge >= 0.3 is 5.97 Å². The van der Waals surface area contributed by atoms with Crippen molar-refractivity contribution in [2.24, 2.45) is 5.92 Å². The van der Waals surface area contributed by atoms with E-state index < -0.39 is 17.6 Å². The Hall–Kier alpha value is -1.49. The maximum atomic E-state index is 13.0. The van der Waals surface area contributed by atoms with Gasteiger partial charge in [0.05, 0.1) is 24.9 Å². The van der Waals surface area contributed by atoms with Crippen LogP contribution in [0.2, 0.25) is 0 Å². The topological polar surface area (TPSA) is 38.8 Å². The van der Waals surface area contributed by atoms with Crippen LogP contribution in [0.3, 0.4) is 0 Å². The van der Waals surface area contributed by atoms with Crippen molar-refractivity contribution in [3.8, 4) is 0 Å². The molecule has 0 bridgehead atoms. The highest BCUT2D eigenvalue weighted by Gasteiger charge is 2.33. The van der Waals surface area contributed by atoms with Crippen molar-refractivity contribution < 1.29 is 23.0 Å². The molecule has 1 aromatic carbocycles. The van der Waals surface area contributed by atoms with E-state index in [4.69, 9.17) is 9.47 Å². The zero-order chi connectivity index (χ0) is 13.8. The molecule has 1 aliphatic heterocycles. The minimum Gasteiger partial charge on any atom is -0.462 e. The van der Waals surface area contributed by atoms with Gasteiger partial charge in [0.2, 0.25) is 0 Å². The van der Waals surface area contributed by atoms with Gasteiger partial charge in [0, 0.05) is 12.0 Å². The number of benzene rings is 1. The average Bonchev–Trinajstić information content (AvgIpc) is 3.17. The Bertz CT molecular complexity index is 438. The van der Waals surface area contributed by atoms with Crippen LogP contribution in [0.4, 0.5) is 8.78 Å². The van der Waals surface area contributed by atoms with Crippen LogP contribution in [0.1, 0.15) is 30.1 Å². The second-order valence-electron chi connectivity index (χ2n) is 4.68. The van der Waals surface area contributed by atoms with Gasteiger partial charge in [0.25, 0.3) is 0 Å². The van der Waals surface area contributed by atoms with E-state index in [2.05, 4.69) is 0 Å². The summed E-state index contributed by atoms with van der Waals surface area (Å²) >= 11 is 0. The lowest BCUT2D eigenvalue weighted by atomic mass is 10.0. The molecule has 1 fully saturated rings. The van der Waals surface area contributed by atoms with Gasteiger partial charge < -0.3 is 9.47 Å². The van der Waals surface area contributed by atoms with Crippen molar-refractivity contribution in [1.82, 2.24) is 0 Å². The SMILES string of the molecule is CCCC(COC(=O)c1cc(F)cc(F)c1)C1CO1. The number of esters is 1. The molecule has 2 atom stereocenters. The zero-order valence-corrected chi connectivity index (χ0v) is 10.7. The zero-order valence-electron chi connectivity index (χ0n) is 10.7. The molecule has 0 N–H and O–H groups in total. The molecular formula is C14H16F2O3. The number of epoxide rings is 1. The van der Waals surface area contributed by atoms with Gasteiger partial charge in [-0.3, -0.25) is 0 Å². The summed E-state index contributed by atoms with van der Waals surface area (Å²) in [6, 6.07) is 2.65. The van der Waals surface area contributed by atoms with Crippen molar-refractivity contribution >= 4 is 5.97 Å². The van der Waals surface area contributed by atoms with Crippen LogP contribution in [0.15, 0.2) is 18.2 Å². The Morgan fingerprint density at radius 1 is 1.42 bits per heavy atom. The number of hydrogen-bond donors (Lipinski definition) is 0. The molecule has 5 heteroatoms. The first-order chi connectivity index (χ1) is 9.10. The fraction of sp³-hybridized carbons (Fsp3) is 0.500. The fourth-order valence-corrected chi connectivity index (χ4v) is 2.01. The summed E-state index contributed by atoms with van der Waals surface area (Å²) in [5, 5.41) is 0. The molecule has 1 aliphatic rings. The normalized spacial score (nSPS) is 19.0. The van der Waals surface area contributed by atoms with Crippen molar-refractivity contribution in [2.75, 3.05) is 13.2 Å². The van der Waals surface area contributed by atoms with Gasteiger partial charge in [-0.15, -0.1) is 0 Å². The summed E-state index contributed by atoms with van der Waals surface area (Å²) in [6.45, 7) is 2.95. The molecule has 0 radical (unpaired) electrons. The molecule has 19 heavy (non-hydrogen) atoms. The van der Waals surface area contributed by atoms with Crippen molar-refractivity contribution in [3.63, 3.8) is 0 Å². The van der Waals surface area contributed by atoms with Crippen LogP contribution in [-0.2, 0) is 9.47 Å². The summed E-state index contributed by atoms with van der Waals surface area (Å²) in [5.74, 6) is -2.13. The lowest BCUT2D eigenvalue weighted by Crippen LogP contribution is -2.19. The Balaban J connectivity index is 1.92. The minimum absolute atomic E-state index is 0.107. The molecule has 1 aromatic rings. The van der Waals surface area contributed by atoms with Gasteiger partial charge in [0.15, 0.2) is 0 Å². The van der Waals surface area contributed by atoms with Crippen LogP contribution in [0.25, 0.3) is 0 Å². The van der Waals surface area contributed by atoms with E-state index in [1.54, 1.807) is 0 Å². The molecule has 104 valence electrons. The van der Waals surface area contributed by atoms with Gasteiger partial charge in [-0.2, -0.15) is 0 Å². The number of hydrogen-bond acceptors (Lipinski definition) is 3. The molecule has 1 saturated heterocycles. The summed E-state index contributed by atoms with van der Waals surface area (Å²) in [7, 11) is 0. The molecule has 2 unspecified atom stereocenters. The van der Waals surface area contributed by atoms with E-state index in [0.29, 0.717) is 12.7 Å². The van der Waals surface area contributed by atoms with Crippen LogP contribution >= 0.6 is 0 Å². The molecule has 2 rings (SSSR count). The number of carbonyl (C=O) groups is 1. The molecule has 0 aromatic heterocycles. The van der Waals surface area contributed by atoms with Gasteiger partial charge in [-0.05, 0) is 18.6 Å². The quantitative estimate of drug-likeness (QED) is 0.589. The molecule has 0 spiro atoms. The lowest BCUT2D eigenvalue weighted by Gasteiger charge is -2.13. The number of halogens is 2. The molecule has 3 nitrogen and oxygen atoms in total. The summed E-state index contributed by atoms with van der Waals surface area (Å²) in [5.41, 5.74) is -0.107. The second-order valence-corrected chi connectivity index (χ2v) is 4.68. The number of carbonyl (C=O) groups excluding carboxylic acids is 1. The molecule has 0 saturated carbocycles. The summed E-state index contributed by atoms with van der Waals surface area (Å²) in [4.78, 5) is 11.7. The highest BCUT2D eigenvalue weighted by atomic mass is 19.1. The molecule has 0 amide bonds. The monoisotopic (exact) mass is 270 g/mol. The van der Waals surface area contributed by atoms with E-state index in [1.807, 2.05) is 6.92 Å². The molecule has 0 aliphatic carbocycles. The maximum absolute atomic E-state index is 13.0. The van der Waals surface area contributed by atoms with E-state index in [-0.39, 0.29) is 24.2 Å². The van der Waals surface area contributed by atoms with Gasteiger partial charge in [-0.25, -0.2) is 13.6 Å². The van der Waals surface area contributed by atoms with E-state index in [9.17, 15) is 13.6 Å². The predicted molar refractivity (Wildman–Crippen MR) is 64.8 cm³/mol. The third kappa shape index (κ3) is 3.99. The Labute approximate surface area is 110 Å². The van der Waals surface area contributed by atoms with Crippen molar-refractivity contribution in [2.45, 2.75) is 25.9 Å². The number of ether oxygens (including phenoxy) is 2.